The van der Waals surface area contributed by atoms with E-state index in [2.05, 4.69) is 0 Å². The Morgan fingerprint density at radius 3 is 2.77 bits per heavy atom. The molecule has 1 aliphatic rings. The summed E-state index contributed by atoms with van der Waals surface area (Å²) in [6.07, 6.45) is 4.34. The minimum atomic E-state index is 0.0318. The highest BCUT2D eigenvalue weighted by atomic mass is 32.2. The normalized spacial score (nSPS) is 13.7. The van der Waals surface area contributed by atoms with Crippen LogP contribution in [-0.2, 0) is 24.2 Å². The van der Waals surface area contributed by atoms with Crippen molar-refractivity contribution in [1.29, 1.82) is 0 Å². The van der Waals surface area contributed by atoms with Gasteiger partial charge in [0.05, 0.1) is 17.7 Å². The first-order valence-electron chi connectivity index (χ1n) is 8.84. The molecule has 0 radical (unpaired) electrons. The second-order valence-electron chi connectivity index (χ2n) is 6.65. The average molecular weight is 385 g/mol. The molecule has 6 heteroatoms. The number of ketones is 1. The molecule has 2 heterocycles. The van der Waals surface area contributed by atoms with E-state index in [0.717, 1.165) is 35.0 Å². The highest BCUT2D eigenvalue weighted by Gasteiger charge is 2.22. The van der Waals surface area contributed by atoms with Gasteiger partial charge in [-0.15, -0.1) is 11.3 Å². The highest BCUT2D eigenvalue weighted by Crippen LogP contribution is 2.34. The van der Waals surface area contributed by atoms with Crippen LogP contribution >= 0.6 is 23.1 Å². The van der Waals surface area contributed by atoms with E-state index < -0.39 is 0 Å². The van der Waals surface area contributed by atoms with Crippen LogP contribution in [0.4, 0.5) is 0 Å². The molecule has 3 aromatic rings. The third-order valence-corrected chi connectivity index (χ3v) is 6.93. The second-order valence-corrected chi connectivity index (χ2v) is 8.68. The Morgan fingerprint density at radius 2 is 2.00 bits per heavy atom. The zero-order valence-electron chi connectivity index (χ0n) is 14.7. The molecule has 0 bridgehead atoms. The van der Waals surface area contributed by atoms with Gasteiger partial charge in [0.15, 0.2) is 5.16 Å². The number of carbonyl (C=O) groups excluding carboxylic acids is 1. The zero-order chi connectivity index (χ0) is 18.1. The van der Waals surface area contributed by atoms with Crippen molar-refractivity contribution < 1.29 is 4.79 Å². The largest absolute Gasteiger partial charge is 0.299 e. The number of thioether (sulfide) groups is 1. The number of rotatable bonds is 5. The van der Waals surface area contributed by atoms with Gasteiger partial charge in [-0.1, -0.05) is 42.1 Å². The lowest BCUT2D eigenvalue weighted by atomic mass is 9.97. The lowest BCUT2D eigenvalue weighted by Crippen LogP contribution is -2.24. The molecular formula is C20H20N2O2S2. The van der Waals surface area contributed by atoms with Crippen molar-refractivity contribution in [2.45, 2.75) is 44.3 Å². The number of hydrogen-bond donors (Lipinski definition) is 0. The van der Waals surface area contributed by atoms with E-state index in [-0.39, 0.29) is 11.3 Å². The Kier molecular flexibility index (Phi) is 4.96. The molecule has 0 saturated heterocycles. The fraction of sp³-hybridized carbons (Fsp3) is 0.350. The van der Waals surface area contributed by atoms with Crippen LogP contribution in [-0.4, -0.2) is 21.1 Å². The fourth-order valence-corrected chi connectivity index (χ4v) is 5.50. The number of benzene rings is 1. The molecule has 0 atom stereocenters. The summed E-state index contributed by atoms with van der Waals surface area (Å²) in [5.41, 5.74) is 2.30. The van der Waals surface area contributed by atoms with E-state index >= 15 is 0 Å². The second kappa shape index (κ2) is 7.37. The van der Waals surface area contributed by atoms with E-state index in [9.17, 15) is 9.59 Å². The van der Waals surface area contributed by atoms with Crippen molar-refractivity contribution in [3.8, 4) is 0 Å². The zero-order valence-corrected chi connectivity index (χ0v) is 16.3. The first-order valence-corrected chi connectivity index (χ1v) is 10.6. The van der Waals surface area contributed by atoms with Gasteiger partial charge >= 0.3 is 0 Å². The Morgan fingerprint density at radius 1 is 1.23 bits per heavy atom. The lowest BCUT2D eigenvalue weighted by Gasteiger charge is -2.13. The lowest BCUT2D eigenvalue weighted by molar-refractivity contribution is -0.114. The van der Waals surface area contributed by atoms with Crippen molar-refractivity contribution in [1.82, 2.24) is 9.55 Å². The van der Waals surface area contributed by atoms with Gasteiger partial charge in [-0.3, -0.25) is 14.2 Å². The number of thiophene rings is 1. The topological polar surface area (TPSA) is 52.0 Å². The number of aryl methyl sites for hydroxylation is 2. The molecule has 0 N–H and O–H groups in total. The van der Waals surface area contributed by atoms with Gasteiger partial charge in [-0.2, -0.15) is 0 Å². The molecule has 4 nitrogen and oxygen atoms in total. The van der Waals surface area contributed by atoms with Crippen LogP contribution in [0.5, 0.6) is 0 Å². The van der Waals surface area contributed by atoms with Gasteiger partial charge < -0.3 is 0 Å². The first-order chi connectivity index (χ1) is 12.6. The number of hydrogen-bond acceptors (Lipinski definition) is 5. The summed E-state index contributed by atoms with van der Waals surface area (Å²) in [6, 6.07) is 9.94. The van der Waals surface area contributed by atoms with Gasteiger partial charge in [0, 0.05) is 4.88 Å². The third-order valence-electron chi connectivity index (χ3n) is 4.63. The van der Waals surface area contributed by atoms with Crippen LogP contribution in [0.25, 0.3) is 10.2 Å². The monoisotopic (exact) mass is 384 g/mol. The molecule has 0 amide bonds. The summed E-state index contributed by atoms with van der Waals surface area (Å²) in [5.74, 6) is 0.416. The van der Waals surface area contributed by atoms with Gasteiger partial charge in [-0.25, -0.2) is 4.98 Å². The molecule has 0 spiro atoms. The molecule has 134 valence electrons. The van der Waals surface area contributed by atoms with Crippen molar-refractivity contribution in [3.63, 3.8) is 0 Å². The maximum absolute atomic E-state index is 13.4. The van der Waals surface area contributed by atoms with Crippen LogP contribution in [0.1, 0.15) is 35.8 Å². The molecular weight excluding hydrogens is 364 g/mol. The summed E-state index contributed by atoms with van der Waals surface area (Å²) in [7, 11) is 0. The molecule has 0 unspecified atom stereocenters. The van der Waals surface area contributed by atoms with E-state index in [4.69, 9.17) is 4.98 Å². The van der Waals surface area contributed by atoms with Gasteiger partial charge in [0.1, 0.15) is 10.6 Å². The summed E-state index contributed by atoms with van der Waals surface area (Å²) in [4.78, 5) is 31.8. The molecule has 4 rings (SSSR count). The average Bonchev–Trinajstić information content (AvgIpc) is 3.02. The maximum Gasteiger partial charge on any atom is 0.263 e. The SMILES string of the molecule is CC(=O)CSc1nc2sc3c(c2c(=O)n1Cc1ccccc1)CCCC3. The van der Waals surface area contributed by atoms with Crippen LogP contribution < -0.4 is 5.56 Å². The van der Waals surface area contributed by atoms with Gasteiger partial charge in [-0.05, 0) is 43.7 Å². The molecule has 0 aliphatic heterocycles. The predicted molar refractivity (Wildman–Crippen MR) is 107 cm³/mol. The third kappa shape index (κ3) is 3.35. The van der Waals surface area contributed by atoms with E-state index in [0.29, 0.717) is 17.5 Å². The molecule has 26 heavy (non-hydrogen) atoms. The summed E-state index contributed by atoms with van der Waals surface area (Å²) in [6.45, 7) is 2.04. The van der Waals surface area contributed by atoms with E-state index in [1.807, 2.05) is 30.3 Å². The van der Waals surface area contributed by atoms with Gasteiger partial charge in [0.2, 0.25) is 0 Å². The Hall–Kier alpha value is -1.92. The molecule has 1 aliphatic carbocycles. The Labute approximate surface area is 160 Å². The smallest absolute Gasteiger partial charge is 0.263 e. The van der Waals surface area contributed by atoms with Crippen LogP contribution in [0.2, 0.25) is 0 Å². The Bertz CT molecular complexity index is 1020. The molecule has 0 fully saturated rings. The van der Waals surface area contributed by atoms with Crippen LogP contribution in [0, 0.1) is 0 Å². The van der Waals surface area contributed by atoms with E-state index in [1.54, 1.807) is 22.8 Å². The van der Waals surface area contributed by atoms with Gasteiger partial charge in [0.25, 0.3) is 5.56 Å². The number of nitrogens with zero attached hydrogens (tertiary/aromatic N) is 2. The predicted octanol–water partition coefficient (Wildman–Crippen LogP) is 4.07. The summed E-state index contributed by atoms with van der Waals surface area (Å²) in [5, 5.41) is 1.44. The van der Waals surface area contributed by atoms with Crippen molar-refractivity contribution in [3.05, 3.63) is 56.7 Å². The number of fused-ring (bicyclic) bond motifs is 3. The first kappa shape index (κ1) is 17.5. The quantitative estimate of drug-likeness (QED) is 0.492. The van der Waals surface area contributed by atoms with Crippen LogP contribution in [0.3, 0.4) is 0 Å². The maximum atomic E-state index is 13.4. The number of aromatic nitrogens is 2. The van der Waals surface area contributed by atoms with Crippen molar-refractivity contribution >= 4 is 39.1 Å². The number of carbonyl (C=O) groups is 1. The van der Waals surface area contributed by atoms with Crippen molar-refractivity contribution in [2.24, 2.45) is 0 Å². The van der Waals surface area contributed by atoms with Crippen molar-refractivity contribution in [2.75, 3.05) is 5.75 Å². The summed E-state index contributed by atoms with van der Waals surface area (Å²) >= 11 is 3.01. The molecule has 2 aromatic heterocycles. The molecule has 0 saturated carbocycles. The highest BCUT2D eigenvalue weighted by molar-refractivity contribution is 7.99. The summed E-state index contributed by atoms with van der Waals surface area (Å²) < 4.78 is 1.74. The van der Waals surface area contributed by atoms with E-state index in [1.165, 1.54) is 28.6 Å². The number of Topliss-reactive ketones (excluding diaryl/α,β-unsaturated/α-hetero) is 1. The fourth-order valence-electron chi connectivity index (χ4n) is 3.40. The minimum Gasteiger partial charge on any atom is -0.299 e. The molecule has 1 aromatic carbocycles. The standard InChI is InChI=1S/C20H20N2O2S2/c1-13(23)12-25-20-21-18-17(15-9-5-6-10-16(15)26-18)19(24)22(20)11-14-7-3-2-4-8-14/h2-4,7-8H,5-6,9-12H2,1H3. The minimum absolute atomic E-state index is 0.0318. The Balaban J connectivity index is 1.87. The van der Waals surface area contributed by atoms with Crippen LogP contribution in [0.15, 0.2) is 40.3 Å².